The van der Waals surface area contributed by atoms with Crippen LogP contribution >= 0.6 is 35.7 Å². The van der Waals surface area contributed by atoms with Crippen molar-refractivity contribution in [2.45, 2.75) is 16.7 Å². The van der Waals surface area contributed by atoms with Crippen LogP contribution in [0.3, 0.4) is 0 Å². The number of carbonyl (C=O) groups excluding carboxylic acids is 1. The number of hydrazone groups is 1. The molecule has 0 atom stereocenters. The van der Waals surface area contributed by atoms with Gasteiger partial charge in [-0.1, -0.05) is 65.6 Å². The molecule has 1 amide bonds. The van der Waals surface area contributed by atoms with Crippen molar-refractivity contribution in [2.75, 3.05) is 5.75 Å². The Kier molecular flexibility index (Phi) is 5.15. The standard InChI is InChI=1S/C17H14N2OS3/c1-12-2-6-14(7-3-12)23-15-8-4-13(5-9-15)10-18-19-16(20)11-22-17(19)21/h2-10H,11H2,1H3/b18-10-. The molecular weight excluding hydrogens is 344 g/mol. The van der Waals surface area contributed by atoms with Gasteiger partial charge in [0.05, 0.1) is 12.0 Å². The molecule has 0 bridgehead atoms. The summed E-state index contributed by atoms with van der Waals surface area (Å²) in [5.74, 6) is 0.310. The lowest BCUT2D eigenvalue weighted by Crippen LogP contribution is -2.22. The molecule has 3 rings (SSSR count). The van der Waals surface area contributed by atoms with E-state index in [0.29, 0.717) is 10.1 Å². The Bertz CT molecular complexity index is 738. The van der Waals surface area contributed by atoms with Gasteiger partial charge < -0.3 is 0 Å². The van der Waals surface area contributed by atoms with Crippen LogP contribution in [0.2, 0.25) is 0 Å². The van der Waals surface area contributed by atoms with Gasteiger partial charge in [0.2, 0.25) is 0 Å². The zero-order valence-electron chi connectivity index (χ0n) is 12.4. The number of thiocarbonyl (C=S) groups is 1. The Balaban J connectivity index is 1.66. The monoisotopic (exact) mass is 358 g/mol. The normalized spacial score (nSPS) is 14.9. The number of nitrogens with zero attached hydrogens (tertiary/aromatic N) is 2. The minimum atomic E-state index is -0.0669. The number of thioether (sulfide) groups is 1. The molecule has 0 saturated carbocycles. The van der Waals surface area contributed by atoms with E-state index in [-0.39, 0.29) is 5.91 Å². The average Bonchev–Trinajstić information content (AvgIpc) is 2.88. The summed E-state index contributed by atoms with van der Waals surface area (Å²) in [6.45, 7) is 2.08. The molecule has 116 valence electrons. The van der Waals surface area contributed by atoms with Gasteiger partial charge in [-0.05, 0) is 36.8 Å². The number of aryl methyl sites for hydroxylation is 1. The molecule has 1 aliphatic heterocycles. The van der Waals surface area contributed by atoms with Gasteiger partial charge in [-0.25, -0.2) is 0 Å². The lowest BCUT2D eigenvalue weighted by Gasteiger charge is -2.06. The van der Waals surface area contributed by atoms with Crippen LogP contribution in [0.4, 0.5) is 0 Å². The first-order valence-electron chi connectivity index (χ1n) is 7.00. The SMILES string of the molecule is Cc1ccc(Sc2ccc(/C=N\N3C(=O)CSC3=S)cc2)cc1. The van der Waals surface area contributed by atoms with Crippen molar-refractivity contribution in [3.8, 4) is 0 Å². The van der Waals surface area contributed by atoms with Crippen molar-refractivity contribution in [3.63, 3.8) is 0 Å². The Labute approximate surface area is 149 Å². The van der Waals surface area contributed by atoms with Crippen molar-refractivity contribution in [1.29, 1.82) is 0 Å². The van der Waals surface area contributed by atoms with Gasteiger partial charge >= 0.3 is 0 Å². The van der Waals surface area contributed by atoms with E-state index in [4.69, 9.17) is 12.2 Å². The Hall–Kier alpha value is -1.63. The lowest BCUT2D eigenvalue weighted by molar-refractivity contribution is -0.123. The summed E-state index contributed by atoms with van der Waals surface area (Å²) in [6, 6.07) is 16.5. The van der Waals surface area contributed by atoms with Gasteiger partial charge in [0.1, 0.15) is 0 Å². The van der Waals surface area contributed by atoms with E-state index in [9.17, 15) is 4.79 Å². The highest BCUT2D eigenvalue weighted by Crippen LogP contribution is 2.27. The molecule has 1 heterocycles. The van der Waals surface area contributed by atoms with E-state index >= 15 is 0 Å². The summed E-state index contributed by atoms with van der Waals surface area (Å²) in [4.78, 5) is 14.0. The molecule has 1 fully saturated rings. The summed E-state index contributed by atoms with van der Waals surface area (Å²) in [5, 5.41) is 5.46. The molecule has 0 radical (unpaired) electrons. The second-order valence-corrected chi connectivity index (χ2v) is 7.74. The van der Waals surface area contributed by atoms with Crippen LogP contribution in [-0.2, 0) is 4.79 Å². The van der Waals surface area contributed by atoms with Gasteiger partial charge in [-0.3, -0.25) is 4.79 Å². The van der Waals surface area contributed by atoms with E-state index < -0.39 is 0 Å². The summed E-state index contributed by atoms with van der Waals surface area (Å²) >= 11 is 8.15. The Morgan fingerprint density at radius 1 is 1.13 bits per heavy atom. The maximum atomic E-state index is 11.6. The van der Waals surface area contributed by atoms with Crippen molar-refractivity contribution < 1.29 is 4.79 Å². The molecule has 2 aromatic rings. The first-order valence-corrected chi connectivity index (χ1v) is 9.21. The maximum Gasteiger partial charge on any atom is 0.259 e. The molecule has 3 nitrogen and oxygen atoms in total. The van der Waals surface area contributed by atoms with Crippen molar-refractivity contribution in [3.05, 3.63) is 59.7 Å². The molecular formula is C17H14N2OS3. The zero-order chi connectivity index (χ0) is 16.2. The maximum absolute atomic E-state index is 11.6. The van der Waals surface area contributed by atoms with Crippen LogP contribution in [0.5, 0.6) is 0 Å². The van der Waals surface area contributed by atoms with Crippen LogP contribution in [0, 0.1) is 6.92 Å². The third-order valence-corrected chi connectivity index (χ3v) is 5.54. The summed E-state index contributed by atoms with van der Waals surface area (Å²) in [5.41, 5.74) is 2.19. The molecule has 0 unspecified atom stereocenters. The van der Waals surface area contributed by atoms with E-state index in [2.05, 4.69) is 36.3 Å². The molecule has 2 aromatic carbocycles. The quantitative estimate of drug-likeness (QED) is 0.601. The predicted octanol–water partition coefficient (Wildman–Crippen LogP) is 4.34. The fourth-order valence-electron chi connectivity index (χ4n) is 1.95. The smallest absolute Gasteiger partial charge is 0.259 e. The summed E-state index contributed by atoms with van der Waals surface area (Å²) < 4.78 is 0.512. The average molecular weight is 359 g/mol. The third kappa shape index (κ3) is 4.22. The molecule has 0 aliphatic carbocycles. The molecule has 0 aromatic heterocycles. The van der Waals surface area contributed by atoms with Gasteiger partial charge in [0.15, 0.2) is 4.32 Å². The fourth-order valence-corrected chi connectivity index (χ4v) is 3.73. The molecule has 1 saturated heterocycles. The van der Waals surface area contributed by atoms with E-state index in [1.807, 2.05) is 24.3 Å². The largest absolute Gasteiger partial charge is 0.272 e. The summed E-state index contributed by atoms with van der Waals surface area (Å²) in [7, 11) is 0. The molecule has 0 N–H and O–H groups in total. The topological polar surface area (TPSA) is 32.7 Å². The summed E-state index contributed by atoms with van der Waals surface area (Å²) in [6.07, 6.45) is 1.66. The van der Waals surface area contributed by atoms with Crippen LogP contribution in [0.25, 0.3) is 0 Å². The van der Waals surface area contributed by atoms with Crippen molar-refractivity contribution >= 4 is 52.2 Å². The molecule has 1 aliphatic rings. The predicted molar refractivity (Wildman–Crippen MR) is 101 cm³/mol. The highest BCUT2D eigenvalue weighted by molar-refractivity contribution is 8.23. The zero-order valence-corrected chi connectivity index (χ0v) is 14.9. The van der Waals surface area contributed by atoms with Gasteiger partial charge in [0, 0.05) is 9.79 Å². The second-order valence-electron chi connectivity index (χ2n) is 4.99. The van der Waals surface area contributed by atoms with Crippen molar-refractivity contribution in [2.24, 2.45) is 5.10 Å². The number of hydrogen-bond donors (Lipinski definition) is 0. The number of benzene rings is 2. The minimum absolute atomic E-state index is 0.0669. The number of carbonyl (C=O) groups is 1. The van der Waals surface area contributed by atoms with Gasteiger partial charge in [-0.2, -0.15) is 10.1 Å². The van der Waals surface area contributed by atoms with Crippen LogP contribution in [-0.4, -0.2) is 27.2 Å². The number of amides is 1. The molecule has 0 spiro atoms. The fraction of sp³-hybridized carbons (Fsp3) is 0.118. The van der Waals surface area contributed by atoms with Crippen LogP contribution in [0.1, 0.15) is 11.1 Å². The van der Waals surface area contributed by atoms with Gasteiger partial charge in [0.25, 0.3) is 5.91 Å². The third-order valence-electron chi connectivity index (χ3n) is 3.19. The van der Waals surface area contributed by atoms with Crippen molar-refractivity contribution in [1.82, 2.24) is 5.01 Å². The molecule has 23 heavy (non-hydrogen) atoms. The highest BCUT2D eigenvalue weighted by Gasteiger charge is 2.25. The lowest BCUT2D eigenvalue weighted by atomic mass is 10.2. The van der Waals surface area contributed by atoms with E-state index in [1.54, 1.807) is 18.0 Å². The van der Waals surface area contributed by atoms with Gasteiger partial charge in [-0.15, -0.1) is 0 Å². The molecule has 6 heteroatoms. The highest BCUT2D eigenvalue weighted by atomic mass is 32.2. The van der Waals surface area contributed by atoms with E-state index in [1.165, 1.54) is 27.2 Å². The first kappa shape index (κ1) is 16.2. The van der Waals surface area contributed by atoms with Crippen LogP contribution in [0.15, 0.2) is 63.4 Å². The van der Waals surface area contributed by atoms with E-state index in [0.717, 1.165) is 10.5 Å². The number of hydrogen-bond acceptors (Lipinski definition) is 5. The number of rotatable bonds is 4. The Morgan fingerprint density at radius 2 is 1.74 bits per heavy atom. The second kappa shape index (κ2) is 7.29. The first-order chi connectivity index (χ1) is 11.1. The Morgan fingerprint density at radius 3 is 2.30 bits per heavy atom. The van der Waals surface area contributed by atoms with Crippen LogP contribution < -0.4 is 0 Å². The minimum Gasteiger partial charge on any atom is -0.272 e.